The lowest BCUT2D eigenvalue weighted by atomic mass is 9.98. The van der Waals surface area contributed by atoms with E-state index in [1.165, 1.54) is 4.90 Å². The van der Waals surface area contributed by atoms with Crippen LogP contribution in [-0.2, 0) is 34.9 Å². The molecule has 1 N–H and O–H groups in total. The van der Waals surface area contributed by atoms with E-state index in [-0.39, 0.29) is 31.6 Å². The molecule has 0 radical (unpaired) electrons. The molecule has 1 aliphatic rings. The van der Waals surface area contributed by atoms with E-state index in [1.807, 2.05) is 59.5 Å². The first-order valence-corrected chi connectivity index (χ1v) is 14.5. The molecule has 0 unspecified atom stereocenters. The Morgan fingerprint density at radius 2 is 1.53 bits per heavy atom. The SMILES string of the molecule is O=C(CCCN1CCN(C(=O)c2cc(C(F)(F)F)cc(C(F)(F)F)c2)[C@H](Cc2c[nH]c3ccccc23)C1)OCc1ccccc1. The highest BCUT2D eigenvalue weighted by Gasteiger charge is 2.39. The number of fused-ring (bicyclic) bond motifs is 1. The van der Waals surface area contributed by atoms with E-state index in [1.54, 1.807) is 6.20 Å². The van der Waals surface area contributed by atoms with Crippen LogP contribution in [0.4, 0.5) is 26.3 Å². The number of nitrogens with zero attached hydrogens (tertiary/aromatic N) is 2. The zero-order valence-corrected chi connectivity index (χ0v) is 24.1. The molecule has 5 rings (SSSR count). The molecule has 0 aliphatic carbocycles. The third-order valence-electron chi connectivity index (χ3n) is 7.89. The molecule has 1 amide bonds. The fraction of sp³-hybridized carbons (Fsp3) is 0.333. The van der Waals surface area contributed by atoms with Gasteiger partial charge in [0.05, 0.1) is 11.1 Å². The number of aromatic nitrogens is 1. The Labute approximate surface area is 255 Å². The molecule has 1 saturated heterocycles. The first-order chi connectivity index (χ1) is 21.4. The van der Waals surface area contributed by atoms with Crippen LogP contribution in [0, 0.1) is 0 Å². The zero-order chi connectivity index (χ0) is 32.2. The smallest absolute Gasteiger partial charge is 0.416 e. The lowest BCUT2D eigenvalue weighted by Gasteiger charge is -2.42. The quantitative estimate of drug-likeness (QED) is 0.158. The summed E-state index contributed by atoms with van der Waals surface area (Å²) in [7, 11) is 0. The van der Waals surface area contributed by atoms with Crippen molar-refractivity contribution < 1.29 is 40.7 Å². The van der Waals surface area contributed by atoms with Crippen molar-refractivity contribution in [3.05, 3.63) is 107 Å². The van der Waals surface area contributed by atoms with Gasteiger partial charge < -0.3 is 14.6 Å². The lowest BCUT2D eigenvalue weighted by Crippen LogP contribution is -2.56. The van der Waals surface area contributed by atoms with Crippen molar-refractivity contribution in [3.63, 3.8) is 0 Å². The summed E-state index contributed by atoms with van der Waals surface area (Å²) in [4.78, 5) is 32.5. The number of piperazine rings is 1. The van der Waals surface area contributed by atoms with Gasteiger partial charge in [-0.15, -0.1) is 0 Å². The predicted molar refractivity (Wildman–Crippen MR) is 155 cm³/mol. The van der Waals surface area contributed by atoms with Crippen LogP contribution in [0.15, 0.2) is 79.0 Å². The highest BCUT2D eigenvalue weighted by Crippen LogP contribution is 2.37. The van der Waals surface area contributed by atoms with Gasteiger partial charge in [0.25, 0.3) is 5.91 Å². The van der Waals surface area contributed by atoms with Gasteiger partial charge in [0.2, 0.25) is 0 Å². The maximum Gasteiger partial charge on any atom is 0.416 e. The van der Waals surface area contributed by atoms with E-state index < -0.39 is 41.0 Å². The molecule has 1 atom stereocenters. The van der Waals surface area contributed by atoms with Crippen molar-refractivity contribution in [2.45, 2.75) is 44.3 Å². The summed E-state index contributed by atoms with van der Waals surface area (Å²) in [6, 6.07) is 17.2. The van der Waals surface area contributed by atoms with E-state index in [9.17, 15) is 35.9 Å². The molecular weight excluding hydrogens is 600 g/mol. The van der Waals surface area contributed by atoms with Crippen molar-refractivity contribution in [2.75, 3.05) is 26.2 Å². The normalized spacial score (nSPS) is 16.2. The number of carbonyl (C=O) groups excluding carboxylic acids is 2. The van der Waals surface area contributed by atoms with E-state index >= 15 is 0 Å². The van der Waals surface area contributed by atoms with Gasteiger partial charge in [-0.3, -0.25) is 14.5 Å². The van der Waals surface area contributed by atoms with Gasteiger partial charge in [0.15, 0.2) is 0 Å². The summed E-state index contributed by atoms with van der Waals surface area (Å²) in [6.45, 7) is 1.39. The van der Waals surface area contributed by atoms with E-state index in [4.69, 9.17) is 4.74 Å². The minimum absolute atomic E-state index is 0.0169. The average Bonchev–Trinajstić information content (AvgIpc) is 3.42. The summed E-state index contributed by atoms with van der Waals surface area (Å²) in [5.74, 6) is -1.26. The number of esters is 1. The zero-order valence-electron chi connectivity index (χ0n) is 24.1. The number of carbonyl (C=O) groups is 2. The topological polar surface area (TPSA) is 65.6 Å². The molecule has 6 nitrogen and oxygen atoms in total. The Morgan fingerprint density at radius 3 is 2.22 bits per heavy atom. The molecular formula is C33H31F6N3O3. The molecule has 1 aliphatic heterocycles. The van der Waals surface area contributed by atoms with E-state index in [2.05, 4.69) is 4.98 Å². The van der Waals surface area contributed by atoms with Gasteiger partial charge in [-0.2, -0.15) is 26.3 Å². The van der Waals surface area contributed by atoms with Crippen LogP contribution in [0.1, 0.15) is 45.5 Å². The number of nitrogens with one attached hydrogen (secondary N) is 1. The molecule has 45 heavy (non-hydrogen) atoms. The van der Waals surface area contributed by atoms with Gasteiger partial charge in [-0.05, 0) is 54.8 Å². The number of benzene rings is 3. The van der Waals surface area contributed by atoms with Gasteiger partial charge in [0.1, 0.15) is 6.61 Å². The summed E-state index contributed by atoms with van der Waals surface area (Å²) >= 11 is 0. The average molecular weight is 632 g/mol. The van der Waals surface area contributed by atoms with Crippen LogP contribution >= 0.6 is 0 Å². The second kappa shape index (κ2) is 13.4. The predicted octanol–water partition coefficient (Wildman–Crippen LogP) is 7.10. The van der Waals surface area contributed by atoms with Crippen LogP contribution in [0.25, 0.3) is 10.9 Å². The number of halogens is 6. The molecule has 12 heteroatoms. The number of hydrogen-bond donors (Lipinski definition) is 1. The van der Waals surface area contributed by atoms with Crippen LogP contribution in [0.3, 0.4) is 0 Å². The molecule has 4 aromatic rings. The minimum atomic E-state index is -5.07. The van der Waals surface area contributed by atoms with Crippen molar-refractivity contribution in [1.29, 1.82) is 0 Å². The van der Waals surface area contributed by atoms with Gasteiger partial charge >= 0.3 is 18.3 Å². The summed E-state index contributed by atoms with van der Waals surface area (Å²) in [5, 5.41) is 0.904. The Morgan fingerprint density at radius 1 is 0.867 bits per heavy atom. The Balaban J connectivity index is 1.32. The first-order valence-electron chi connectivity index (χ1n) is 14.5. The molecule has 0 spiro atoms. The number of para-hydroxylation sites is 1. The standard InChI is InChI=1S/C33H31F6N3O3/c34-32(35,36)25-15-23(16-26(18-25)33(37,38)39)31(44)42-14-13-41(12-6-11-30(43)45-21-22-7-2-1-3-8-22)20-27(42)17-24-19-40-29-10-5-4-9-28(24)29/h1-5,7-10,15-16,18-19,27,40H,6,11-14,17,20-21H2/t27-/m1/s1. The number of ether oxygens (including phenoxy) is 1. The van der Waals surface area contributed by atoms with E-state index in [0.29, 0.717) is 44.6 Å². The number of amides is 1. The summed E-state index contributed by atoms with van der Waals surface area (Å²) < 4.78 is 86.6. The second-order valence-electron chi connectivity index (χ2n) is 11.1. The fourth-order valence-electron chi connectivity index (χ4n) is 5.62. The van der Waals surface area contributed by atoms with Crippen molar-refractivity contribution in [3.8, 4) is 0 Å². The number of aromatic amines is 1. The molecule has 1 fully saturated rings. The molecule has 2 heterocycles. The minimum Gasteiger partial charge on any atom is -0.461 e. The fourth-order valence-corrected chi connectivity index (χ4v) is 5.62. The van der Waals surface area contributed by atoms with E-state index in [0.717, 1.165) is 22.0 Å². The first kappa shape index (κ1) is 32.1. The molecule has 0 bridgehead atoms. The largest absolute Gasteiger partial charge is 0.461 e. The third-order valence-corrected chi connectivity index (χ3v) is 7.89. The monoisotopic (exact) mass is 631 g/mol. The number of hydrogen-bond acceptors (Lipinski definition) is 4. The molecule has 1 aromatic heterocycles. The van der Waals surface area contributed by atoms with Crippen LogP contribution in [0.2, 0.25) is 0 Å². The molecule has 0 saturated carbocycles. The van der Waals surface area contributed by atoms with Gasteiger partial charge in [-0.25, -0.2) is 0 Å². The Hall–Kier alpha value is -4.32. The Bertz CT molecular complexity index is 1600. The van der Waals surface area contributed by atoms with Gasteiger partial charge in [0, 0.05) is 54.8 Å². The number of rotatable bonds is 9. The molecule has 3 aromatic carbocycles. The maximum atomic E-state index is 13.7. The maximum absolute atomic E-state index is 13.7. The molecule has 238 valence electrons. The number of alkyl halides is 6. The van der Waals surface area contributed by atoms with Crippen molar-refractivity contribution in [2.24, 2.45) is 0 Å². The summed E-state index contributed by atoms with van der Waals surface area (Å²) in [6.07, 6.45) is -7.38. The number of H-pyrrole nitrogens is 1. The highest BCUT2D eigenvalue weighted by molar-refractivity contribution is 5.95. The highest BCUT2D eigenvalue weighted by atomic mass is 19.4. The van der Waals surface area contributed by atoms with Crippen LogP contribution in [0.5, 0.6) is 0 Å². The van der Waals surface area contributed by atoms with Crippen LogP contribution < -0.4 is 0 Å². The van der Waals surface area contributed by atoms with Crippen LogP contribution in [-0.4, -0.2) is 58.9 Å². The lowest BCUT2D eigenvalue weighted by molar-refractivity contribution is -0.145. The Kier molecular flexibility index (Phi) is 9.52. The van der Waals surface area contributed by atoms with Crippen molar-refractivity contribution in [1.82, 2.24) is 14.8 Å². The second-order valence-corrected chi connectivity index (χ2v) is 11.1. The van der Waals surface area contributed by atoms with Crippen molar-refractivity contribution >= 4 is 22.8 Å². The van der Waals surface area contributed by atoms with Gasteiger partial charge in [-0.1, -0.05) is 48.5 Å². The third kappa shape index (κ3) is 8.05. The summed E-state index contributed by atoms with van der Waals surface area (Å²) in [5.41, 5.74) is -1.15.